The summed E-state index contributed by atoms with van der Waals surface area (Å²) in [7, 11) is -2.08. The van der Waals surface area contributed by atoms with Gasteiger partial charge in [-0.15, -0.1) is 15.6 Å². The number of hydroxylamine groups is 2. The zero-order valence-electron chi connectivity index (χ0n) is 10.6. The highest BCUT2D eigenvalue weighted by atomic mass is 32.2. The lowest BCUT2D eigenvalue weighted by atomic mass is 10.2. The number of rotatable bonds is 3. The van der Waals surface area contributed by atoms with Crippen molar-refractivity contribution in [3.8, 4) is 0 Å². The van der Waals surface area contributed by atoms with Crippen LogP contribution in [-0.4, -0.2) is 49.9 Å². The maximum atomic E-state index is 12.3. The molecule has 1 N–H and O–H groups in total. The largest absolute Gasteiger partial charge is 0.616 e. The summed E-state index contributed by atoms with van der Waals surface area (Å²) in [5, 5.41) is 16.2. The van der Waals surface area contributed by atoms with E-state index < -0.39 is 26.2 Å². The lowest BCUT2D eigenvalue weighted by molar-refractivity contribution is -0.708. The maximum Gasteiger partial charge on any atom is 0.373 e. The van der Waals surface area contributed by atoms with Gasteiger partial charge in [-0.25, -0.2) is 4.05 Å². The van der Waals surface area contributed by atoms with Gasteiger partial charge in [-0.2, -0.15) is 8.42 Å². The van der Waals surface area contributed by atoms with Crippen LogP contribution in [0, 0.1) is 5.21 Å². The molecular formula is C10H15N3O4S2. The summed E-state index contributed by atoms with van der Waals surface area (Å²) in [5.74, 6) is -0.397. The number of thiophene rings is 1. The minimum Gasteiger partial charge on any atom is -0.616 e. The van der Waals surface area contributed by atoms with Crippen molar-refractivity contribution in [1.82, 2.24) is 9.62 Å². The van der Waals surface area contributed by atoms with Crippen molar-refractivity contribution in [2.75, 3.05) is 27.2 Å². The molecule has 1 saturated heterocycles. The smallest absolute Gasteiger partial charge is 0.373 e. The van der Waals surface area contributed by atoms with Gasteiger partial charge < -0.3 is 10.5 Å². The minimum atomic E-state index is -4.15. The molecule has 1 aromatic heterocycles. The van der Waals surface area contributed by atoms with Crippen molar-refractivity contribution >= 4 is 27.5 Å². The predicted octanol–water partition coefficient (Wildman–Crippen LogP) is 0.0400. The minimum absolute atomic E-state index is 0.0978. The van der Waals surface area contributed by atoms with Gasteiger partial charge in [0.05, 0.1) is 14.1 Å². The Kier molecular flexibility index (Phi) is 3.67. The van der Waals surface area contributed by atoms with Crippen LogP contribution in [0.3, 0.4) is 0 Å². The van der Waals surface area contributed by atoms with Crippen LogP contribution >= 0.6 is 11.3 Å². The molecule has 0 aliphatic carbocycles. The summed E-state index contributed by atoms with van der Waals surface area (Å²) in [5.41, 5.74) is 0. The fourth-order valence-electron chi connectivity index (χ4n) is 1.86. The van der Waals surface area contributed by atoms with Crippen molar-refractivity contribution in [2.45, 2.75) is 6.04 Å². The van der Waals surface area contributed by atoms with Crippen molar-refractivity contribution in [3.63, 3.8) is 0 Å². The van der Waals surface area contributed by atoms with Gasteiger partial charge in [0, 0.05) is 18.0 Å². The number of nitrogens with zero attached hydrogens (tertiary/aromatic N) is 2. The quantitative estimate of drug-likeness (QED) is 0.631. The standard InChI is InChI=1S/C10H15N3O4S2/c1-13(2,15)19(16,17)12-6-5-11-10(14)9(12)8-4-3-7-18-8/h3-4,7,9H,5-6H2,1-2H3,(H,11,14). The molecule has 1 unspecified atom stereocenters. The molecule has 9 heteroatoms. The first-order valence-corrected chi connectivity index (χ1v) is 7.91. The molecule has 2 rings (SSSR count). The topological polar surface area (TPSA) is 89.5 Å². The highest BCUT2D eigenvalue weighted by molar-refractivity contribution is 7.83. The number of carbonyl (C=O) groups excluding carboxylic acids is 1. The number of carbonyl (C=O) groups is 1. The average molecular weight is 305 g/mol. The highest BCUT2D eigenvalue weighted by Crippen LogP contribution is 2.31. The molecule has 1 aliphatic rings. The van der Waals surface area contributed by atoms with E-state index in [9.17, 15) is 18.4 Å². The fourth-order valence-corrected chi connectivity index (χ4v) is 4.07. The Morgan fingerprint density at radius 1 is 1.53 bits per heavy atom. The van der Waals surface area contributed by atoms with Crippen LogP contribution in [0.2, 0.25) is 0 Å². The van der Waals surface area contributed by atoms with E-state index in [2.05, 4.69) is 5.32 Å². The second-order valence-electron chi connectivity index (χ2n) is 4.55. The van der Waals surface area contributed by atoms with Gasteiger partial charge in [-0.1, -0.05) is 6.07 Å². The first-order chi connectivity index (χ1) is 8.75. The van der Waals surface area contributed by atoms with Gasteiger partial charge in [-0.05, 0) is 11.4 Å². The Morgan fingerprint density at radius 3 is 2.74 bits per heavy atom. The van der Waals surface area contributed by atoms with E-state index in [-0.39, 0.29) is 13.1 Å². The molecule has 19 heavy (non-hydrogen) atoms. The summed E-state index contributed by atoms with van der Waals surface area (Å²) in [6.07, 6.45) is 0. The summed E-state index contributed by atoms with van der Waals surface area (Å²) < 4.78 is 24.0. The Bertz CT molecular complexity index is 562. The predicted molar refractivity (Wildman–Crippen MR) is 71.2 cm³/mol. The van der Waals surface area contributed by atoms with Crippen LogP contribution in [0.5, 0.6) is 0 Å². The zero-order chi connectivity index (χ0) is 14.3. The molecule has 1 atom stereocenters. The van der Waals surface area contributed by atoms with E-state index in [4.69, 9.17) is 0 Å². The van der Waals surface area contributed by atoms with E-state index >= 15 is 0 Å². The third kappa shape index (κ3) is 2.51. The zero-order valence-corrected chi connectivity index (χ0v) is 12.2. The van der Waals surface area contributed by atoms with Crippen LogP contribution in [-0.2, 0) is 15.0 Å². The van der Waals surface area contributed by atoms with Gasteiger partial charge in [0.1, 0.15) is 6.04 Å². The molecule has 1 amide bonds. The third-order valence-electron chi connectivity index (χ3n) is 2.83. The second-order valence-corrected chi connectivity index (χ2v) is 7.77. The van der Waals surface area contributed by atoms with Crippen LogP contribution < -0.4 is 5.32 Å². The number of nitrogens with one attached hydrogen (secondary N) is 1. The number of quaternary nitrogens is 1. The first kappa shape index (κ1) is 14.4. The summed E-state index contributed by atoms with van der Waals surface area (Å²) in [6, 6.07) is 2.47. The molecule has 1 aliphatic heterocycles. The van der Waals surface area contributed by atoms with E-state index in [1.54, 1.807) is 17.5 Å². The molecule has 2 heterocycles. The lowest BCUT2D eigenvalue weighted by Gasteiger charge is -2.40. The molecule has 1 fully saturated rings. The molecule has 0 aromatic carbocycles. The monoisotopic (exact) mass is 305 g/mol. The van der Waals surface area contributed by atoms with Crippen LogP contribution in [0.4, 0.5) is 0 Å². The van der Waals surface area contributed by atoms with E-state index in [0.717, 1.165) is 18.4 Å². The van der Waals surface area contributed by atoms with Crippen molar-refractivity contribution in [1.29, 1.82) is 0 Å². The fraction of sp³-hybridized carbons (Fsp3) is 0.500. The molecule has 0 spiro atoms. The van der Waals surface area contributed by atoms with Gasteiger partial charge in [-0.3, -0.25) is 4.79 Å². The summed E-state index contributed by atoms with van der Waals surface area (Å²) in [4.78, 5) is 12.6. The van der Waals surface area contributed by atoms with Crippen LogP contribution in [0.15, 0.2) is 17.5 Å². The van der Waals surface area contributed by atoms with Crippen LogP contribution in [0.1, 0.15) is 10.9 Å². The lowest BCUT2D eigenvalue weighted by Crippen LogP contribution is -2.58. The van der Waals surface area contributed by atoms with E-state index in [1.807, 2.05) is 0 Å². The molecule has 7 nitrogen and oxygen atoms in total. The Morgan fingerprint density at radius 2 is 2.21 bits per heavy atom. The van der Waals surface area contributed by atoms with Crippen molar-refractivity contribution in [3.05, 3.63) is 27.6 Å². The van der Waals surface area contributed by atoms with Gasteiger partial charge in [0.2, 0.25) is 5.91 Å². The Balaban J connectivity index is 2.45. The molecule has 1 aromatic rings. The summed E-state index contributed by atoms with van der Waals surface area (Å²) in [6.45, 7) is 0.306. The molecule has 0 saturated carbocycles. The molecule has 0 radical (unpaired) electrons. The van der Waals surface area contributed by atoms with Crippen LogP contribution in [0.25, 0.3) is 0 Å². The Hall–Kier alpha value is -1.00. The molecule has 106 valence electrons. The normalized spacial score (nSPS) is 22.3. The van der Waals surface area contributed by atoms with Crippen molar-refractivity contribution < 1.29 is 17.3 Å². The maximum absolute atomic E-state index is 12.3. The van der Waals surface area contributed by atoms with E-state index in [0.29, 0.717) is 4.88 Å². The third-order valence-corrected chi connectivity index (χ3v) is 5.85. The SMILES string of the molecule is C[N+](C)([O-])S(=O)(=O)N1CCNC(=O)C1c1cccs1. The number of amides is 1. The summed E-state index contributed by atoms with van der Waals surface area (Å²) >= 11 is 1.29. The van der Waals surface area contributed by atoms with Gasteiger partial charge in [0.15, 0.2) is 0 Å². The molecular weight excluding hydrogens is 290 g/mol. The average Bonchev–Trinajstić information content (AvgIpc) is 2.80. The molecule has 0 bridgehead atoms. The number of piperazine rings is 1. The second kappa shape index (κ2) is 4.84. The van der Waals surface area contributed by atoms with Gasteiger partial charge >= 0.3 is 10.2 Å². The number of hydrogen-bond donors (Lipinski definition) is 1. The van der Waals surface area contributed by atoms with Gasteiger partial charge in [0.25, 0.3) is 0 Å². The van der Waals surface area contributed by atoms with E-state index in [1.165, 1.54) is 11.3 Å². The Labute approximate surface area is 115 Å². The number of hydrogen-bond acceptors (Lipinski definition) is 5. The highest BCUT2D eigenvalue weighted by Gasteiger charge is 2.44. The first-order valence-electron chi connectivity index (χ1n) is 5.63. The van der Waals surface area contributed by atoms with Crippen molar-refractivity contribution in [2.24, 2.45) is 0 Å².